The molecule has 0 radical (unpaired) electrons. The van der Waals surface area contributed by atoms with Gasteiger partial charge < -0.3 is 5.10 Å². The van der Waals surface area contributed by atoms with Gasteiger partial charge in [-0.25, -0.2) is 21.9 Å². The third-order valence-corrected chi connectivity index (χ3v) is 6.89. The Morgan fingerprint density at radius 1 is 1.31 bits per heavy atom. The molecule has 1 fully saturated rings. The van der Waals surface area contributed by atoms with Crippen LogP contribution in [0.4, 0.5) is 8.78 Å². The first-order valence-corrected chi connectivity index (χ1v) is 10.0. The van der Waals surface area contributed by atoms with Gasteiger partial charge in [0.1, 0.15) is 11.6 Å². The summed E-state index contributed by atoms with van der Waals surface area (Å²) in [6, 6.07) is 2.36. The zero-order valence-corrected chi connectivity index (χ0v) is 15.4. The Morgan fingerprint density at radius 3 is 2.65 bits per heavy atom. The summed E-state index contributed by atoms with van der Waals surface area (Å²) in [4.78, 5) is 11.7. The molecule has 1 aromatic heterocycles. The highest BCUT2D eigenvalue weighted by atomic mass is 32.2. The van der Waals surface area contributed by atoms with E-state index < -0.39 is 27.7 Å². The monoisotopic (exact) mass is 385 g/mol. The third-order valence-electron chi connectivity index (χ3n) is 4.88. The Kier molecular flexibility index (Phi) is 5.03. The molecule has 26 heavy (non-hydrogen) atoms. The molecule has 142 valence electrons. The van der Waals surface area contributed by atoms with Gasteiger partial charge >= 0.3 is 0 Å². The van der Waals surface area contributed by atoms with E-state index in [4.69, 9.17) is 0 Å². The summed E-state index contributed by atoms with van der Waals surface area (Å²) in [5, 5.41) is 2.67. The molecule has 1 aliphatic rings. The van der Waals surface area contributed by atoms with Crippen LogP contribution in [0.2, 0.25) is 0 Å². The minimum atomic E-state index is -3.47. The Balaban J connectivity index is 1.93. The lowest BCUT2D eigenvalue weighted by Crippen LogP contribution is -2.43. The molecule has 0 aliphatic carbocycles. The summed E-state index contributed by atoms with van der Waals surface area (Å²) in [5.74, 6) is -1.36. The van der Waals surface area contributed by atoms with Gasteiger partial charge in [0.15, 0.2) is 0 Å². The first-order valence-electron chi connectivity index (χ1n) is 8.44. The van der Waals surface area contributed by atoms with Crippen LogP contribution in [0.5, 0.6) is 0 Å². The molecule has 1 saturated heterocycles. The van der Waals surface area contributed by atoms with Crippen LogP contribution < -0.4 is 5.56 Å². The number of halogens is 2. The van der Waals surface area contributed by atoms with E-state index in [-0.39, 0.29) is 35.0 Å². The lowest BCUT2D eigenvalue weighted by Gasteiger charge is -2.32. The van der Waals surface area contributed by atoms with Crippen LogP contribution in [-0.2, 0) is 16.6 Å². The number of benzene rings is 1. The van der Waals surface area contributed by atoms with E-state index in [2.05, 4.69) is 5.10 Å². The largest absolute Gasteiger partial charge is 0.302 e. The van der Waals surface area contributed by atoms with Crippen LogP contribution >= 0.6 is 0 Å². The number of sulfonamides is 1. The van der Waals surface area contributed by atoms with E-state index in [1.165, 1.54) is 21.3 Å². The minimum absolute atomic E-state index is 0.0188. The first-order chi connectivity index (χ1) is 12.2. The standard InChI is InChI=1S/C17H21F2N3O3S/c1-11-4-3-7-26(24,25)21(11)10-13-8-16(19)14(9-15(13)18)12(2)22-17(23)5-6-20-22/h5-6,8-9,11-12,20H,3-4,7,10H2,1-2H3/t11-,12?/m0/s1. The average Bonchev–Trinajstić information content (AvgIpc) is 2.99. The van der Waals surface area contributed by atoms with Gasteiger partial charge in [0.25, 0.3) is 5.56 Å². The van der Waals surface area contributed by atoms with Crippen molar-refractivity contribution in [3.05, 3.63) is 57.5 Å². The summed E-state index contributed by atoms with van der Waals surface area (Å²) in [6.45, 7) is 3.13. The van der Waals surface area contributed by atoms with Gasteiger partial charge in [-0.15, -0.1) is 0 Å². The number of hydrogen-bond acceptors (Lipinski definition) is 3. The van der Waals surface area contributed by atoms with Crippen molar-refractivity contribution in [1.82, 2.24) is 14.1 Å². The maximum absolute atomic E-state index is 14.6. The third kappa shape index (κ3) is 3.45. The predicted octanol–water partition coefficient (Wildman–Crippen LogP) is 2.38. The van der Waals surface area contributed by atoms with Crippen molar-refractivity contribution in [2.24, 2.45) is 0 Å². The second-order valence-corrected chi connectivity index (χ2v) is 8.71. The van der Waals surface area contributed by atoms with Crippen molar-refractivity contribution in [1.29, 1.82) is 0 Å². The molecule has 0 amide bonds. The Hall–Kier alpha value is -2.00. The van der Waals surface area contributed by atoms with E-state index >= 15 is 0 Å². The molecule has 0 spiro atoms. The van der Waals surface area contributed by atoms with Crippen LogP contribution in [0.15, 0.2) is 29.2 Å². The second kappa shape index (κ2) is 6.96. The topological polar surface area (TPSA) is 75.2 Å². The lowest BCUT2D eigenvalue weighted by molar-refractivity contribution is 0.292. The molecule has 1 N–H and O–H groups in total. The van der Waals surface area contributed by atoms with E-state index in [1.807, 2.05) is 0 Å². The van der Waals surface area contributed by atoms with Crippen molar-refractivity contribution < 1.29 is 17.2 Å². The van der Waals surface area contributed by atoms with E-state index in [0.29, 0.717) is 12.8 Å². The van der Waals surface area contributed by atoms with Crippen LogP contribution in [0.3, 0.4) is 0 Å². The predicted molar refractivity (Wildman–Crippen MR) is 93.2 cm³/mol. The number of hydrogen-bond donors (Lipinski definition) is 1. The Morgan fingerprint density at radius 2 is 2.04 bits per heavy atom. The van der Waals surface area contributed by atoms with Gasteiger partial charge in [-0.2, -0.15) is 4.31 Å². The number of aromatic amines is 1. The molecule has 0 saturated carbocycles. The molecular weight excluding hydrogens is 364 g/mol. The second-order valence-electron chi connectivity index (χ2n) is 6.66. The highest BCUT2D eigenvalue weighted by Crippen LogP contribution is 2.27. The van der Waals surface area contributed by atoms with Crippen molar-refractivity contribution >= 4 is 10.0 Å². The quantitative estimate of drug-likeness (QED) is 0.878. The number of H-pyrrole nitrogens is 1. The fourth-order valence-electron chi connectivity index (χ4n) is 3.34. The fourth-order valence-corrected chi connectivity index (χ4v) is 5.09. The molecule has 3 rings (SSSR count). The van der Waals surface area contributed by atoms with E-state index in [1.54, 1.807) is 13.8 Å². The highest BCUT2D eigenvalue weighted by Gasteiger charge is 2.32. The van der Waals surface area contributed by atoms with Gasteiger partial charge in [-0.1, -0.05) is 0 Å². The Labute approximate surface area is 150 Å². The summed E-state index contributed by atoms with van der Waals surface area (Å²) in [5.41, 5.74) is -0.352. The number of nitrogens with zero attached hydrogens (tertiary/aromatic N) is 2. The molecule has 6 nitrogen and oxygen atoms in total. The van der Waals surface area contributed by atoms with Crippen molar-refractivity contribution in [3.8, 4) is 0 Å². The van der Waals surface area contributed by atoms with E-state index in [9.17, 15) is 22.0 Å². The molecule has 1 aliphatic heterocycles. The molecule has 2 aromatic rings. The first kappa shape index (κ1) is 18.8. The molecule has 2 heterocycles. The Bertz CT molecular complexity index is 968. The van der Waals surface area contributed by atoms with Gasteiger partial charge in [0.05, 0.1) is 11.8 Å². The molecule has 9 heteroatoms. The number of nitrogens with one attached hydrogen (secondary N) is 1. The van der Waals surface area contributed by atoms with Crippen LogP contribution in [0, 0.1) is 11.6 Å². The van der Waals surface area contributed by atoms with Gasteiger partial charge in [0, 0.05) is 36.0 Å². The summed E-state index contributed by atoms with van der Waals surface area (Å²) >= 11 is 0. The summed E-state index contributed by atoms with van der Waals surface area (Å²) in [7, 11) is -3.47. The van der Waals surface area contributed by atoms with Crippen LogP contribution in [0.1, 0.15) is 43.9 Å². The molecule has 1 unspecified atom stereocenters. The van der Waals surface area contributed by atoms with Gasteiger partial charge in [0.2, 0.25) is 10.0 Å². The van der Waals surface area contributed by atoms with E-state index in [0.717, 1.165) is 12.1 Å². The minimum Gasteiger partial charge on any atom is -0.302 e. The molecule has 2 atom stereocenters. The summed E-state index contributed by atoms with van der Waals surface area (Å²) < 4.78 is 56.0. The van der Waals surface area contributed by atoms with Crippen LogP contribution in [0.25, 0.3) is 0 Å². The smallest absolute Gasteiger partial charge is 0.266 e. The fraction of sp³-hybridized carbons (Fsp3) is 0.471. The average molecular weight is 385 g/mol. The molecular formula is C17H21F2N3O3S. The summed E-state index contributed by atoms with van der Waals surface area (Å²) in [6.07, 6.45) is 2.68. The number of rotatable bonds is 4. The lowest BCUT2D eigenvalue weighted by atomic mass is 10.0. The highest BCUT2D eigenvalue weighted by molar-refractivity contribution is 7.89. The molecule has 0 bridgehead atoms. The zero-order valence-electron chi connectivity index (χ0n) is 14.6. The van der Waals surface area contributed by atoms with Crippen LogP contribution in [-0.4, -0.2) is 34.3 Å². The van der Waals surface area contributed by atoms with Gasteiger partial charge in [-0.05, 0) is 38.8 Å². The van der Waals surface area contributed by atoms with Crippen molar-refractivity contribution in [2.45, 2.75) is 45.3 Å². The number of aromatic nitrogens is 2. The zero-order chi connectivity index (χ0) is 19.1. The maximum atomic E-state index is 14.6. The normalized spacial score (nSPS) is 21.6. The van der Waals surface area contributed by atoms with Gasteiger partial charge in [-0.3, -0.25) is 4.79 Å². The van der Waals surface area contributed by atoms with Crippen molar-refractivity contribution in [2.75, 3.05) is 5.75 Å². The SMILES string of the molecule is CC(c1cc(F)c(CN2[C@@H](C)CCCS2(=O)=O)cc1F)n1[nH]ccc1=O. The molecule has 1 aromatic carbocycles. The maximum Gasteiger partial charge on any atom is 0.266 e. The van der Waals surface area contributed by atoms with Crippen molar-refractivity contribution in [3.63, 3.8) is 0 Å².